The standard InChI is InChI=1S/C22H22N2O5.C9H10O3.2C2H6/c1-4-5-16(10-13(2)22(28)29)21(27)24-18-9-7-15(12-20(18)26)14-6-8-17(23-3)19(25)11-14;1-3-4-8(6-10)5-7(2)9(11)12;2*1-2/h4-12,23,25-26H,1H2,2-3H3,(H,24,27)(H,28,29);3-6H,1H2,2H3,(H,11,12);2*1-2H3/b13-10+,16-5+;7-5+,8-4+;;. The molecular formula is C35H44N2O8. The molecule has 0 fully saturated rings. The predicted octanol–water partition coefficient (Wildman–Crippen LogP) is 7.27. The summed E-state index contributed by atoms with van der Waals surface area (Å²) in [5.41, 5.74) is 2.54. The number of carboxylic acid groups (broad SMARTS) is 2. The zero-order valence-electron chi connectivity index (χ0n) is 26.8. The molecule has 0 spiro atoms. The van der Waals surface area contributed by atoms with E-state index in [0.29, 0.717) is 28.7 Å². The summed E-state index contributed by atoms with van der Waals surface area (Å²) in [5.74, 6) is -2.88. The molecule has 0 atom stereocenters. The van der Waals surface area contributed by atoms with Crippen molar-refractivity contribution in [3.05, 3.63) is 108 Å². The lowest BCUT2D eigenvalue weighted by Gasteiger charge is -2.11. The molecule has 45 heavy (non-hydrogen) atoms. The van der Waals surface area contributed by atoms with Gasteiger partial charge in [-0.3, -0.25) is 9.59 Å². The van der Waals surface area contributed by atoms with Crippen molar-refractivity contribution >= 4 is 35.5 Å². The number of amides is 1. The number of phenols is 2. The highest BCUT2D eigenvalue weighted by atomic mass is 16.4. The van der Waals surface area contributed by atoms with Crippen LogP contribution in [0.15, 0.2) is 108 Å². The van der Waals surface area contributed by atoms with Gasteiger partial charge in [0.05, 0.1) is 11.4 Å². The summed E-state index contributed by atoms with van der Waals surface area (Å²) in [6.07, 6.45) is 8.70. The van der Waals surface area contributed by atoms with E-state index in [1.165, 1.54) is 62.4 Å². The van der Waals surface area contributed by atoms with Gasteiger partial charge in [-0.1, -0.05) is 77.3 Å². The molecule has 1 amide bonds. The molecule has 0 saturated carbocycles. The predicted molar refractivity (Wildman–Crippen MR) is 181 cm³/mol. The van der Waals surface area contributed by atoms with Gasteiger partial charge in [-0.15, -0.1) is 0 Å². The number of carbonyl (C=O) groups excluding carboxylic acids is 2. The van der Waals surface area contributed by atoms with Crippen LogP contribution in [0.4, 0.5) is 11.4 Å². The first kappa shape index (κ1) is 41.5. The number of phenolic OH excluding ortho intramolecular Hbond substituents is 2. The van der Waals surface area contributed by atoms with Gasteiger partial charge < -0.3 is 31.1 Å². The Morgan fingerprint density at radius 2 is 1.18 bits per heavy atom. The molecule has 0 aliphatic rings. The minimum Gasteiger partial charge on any atom is -0.506 e. The van der Waals surface area contributed by atoms with Crippen LogP contribution in [0, 0.1) is 0 Å². The maximum absolute atomic E-state index is 12.5. The van der Waals surface area contributed by atoms with Crippen molar-refractivity contribution in [1.82, 2.24) is 0 Å². The second-order valence-electron chi connectivity index (χ2n) is 8.31. The number of anilines is 2. The fourth-order valence-corrected chi connectivity index (χ4v) is 3.11. The first-order chi connectivity index (χ1) is 21.4. The molecule has 0 unspecified atom stereocenters. The van der Waals surface area contributed by atoms with E-state index in [2.05, 4.69) is 23.8 Å². The number of rotatable bonds is 11. The number of hydrogen-bond acceptors (Lipinski definition) is 7. The smallest absolute Gasteiger partial charge is 0.331 e. The van der Waals surface area contributed by atoms with Crippen LogP contribution in [-0.2, 0) is 19.2 Å². The number of carbonyl (C=O) groups is 4. The lowest BCUT2D eigenvalue weighted by molar-refractivity contribution is -0.133. The number of allylic oxidation sites excluding steroid dienone is 6. The van der Waals surface area contributed by atoms with Crippen molar-refractivity contribution in [3.8, 4) is 22.6 Å². The summed E-state index contributed by atoms with van der Waals surface area (Å²) in [5, 5.41) is 43.1. The van der Waals surface area contributed by atoms with Crippen LogP contribution in [0.25, 0.3) is 11.1 Å². The number of hydrogen-bond donors (Lipinski definition) is 6. The molecular weight excluding hydrogens is 576 g/mol. The molecule has 0 aromatic heterocycles. The second kappa shape index (κ2) is 22.9. The Kier molecular flexibility index (Phi) is 21.1. The minimum atomic E-state index is -1.15. The Hall–Kier alpha value is -5.64. The first-order valence-electron chi connectivity index (χ1n) is 14.0. The molecule has 0 saturated heterocycles. The zero-order valence-corrected chi connectivity index (χ0v) is 26.8. The molecule has 2 aromatic rings. The summed E-state index contributed by atoms with van der Waals surface area (Å²) in [4.78, 5) is 44.1. The molecule has 0 radical (unpaired) electrons. The zero-order chi connectivity index (χ0) is 35.1. The van der Waals surface area contributed by atoms with E-state index in [-0.39, 0.29) is 33.9 Å². The Morgan fingerprint density at radius 1 is 0.733 bits per heavy atom. The van der Waals surface area contributed by atoms with E-state index in [4.69, 9.17) is 10.2 Å². The number of aliphatic carboxylic acids is 2. The van der Waals surface area contributed by atoms with E-state index in [0.717, 1.165) is 0 Å². The fraction of sp³-hybridized carbons (Fsp3) is 0.200. The van der Waals surface area contributed by atoms with E-state index in [1.54, 1.807) is 31.3 Å². The van der Waals surface area contributed by atoms with Crippen LogP contribution in [0.1, 0.15) is 41.5 Å². The van der Waals surface area contributed by atoms with Crippen molar-refractivity contribution in [2.24, 2.45) is 0 Å². The number of aromatic hydroxyl groups is 2. The van der Waals surface area contributed by atoms with E-state index in [9.17, 15) is 29.4 Å². The molecule has 2 rings (SSSR count). The number of aldehydes is 1. The van der Waals surface area contributed by atoms with Gasteiger partial charge in [0.1, 0.15) is 17.8 Å². The number of nitrogens with one attached hydrogen (secondary N) is 2. The third-order valence-corrected chi connectivity index (χ3v) is 5.28. The Morgan fingerprint density at radius 3 is 1.56 bits per heavy atom. The van der Waals surface area contributed by atoms with Crippen molar-refractivity contribution in [2.75, 3.05) is 17.7 Å². The summed E-state index contributed by atoms with van der Waals surface area (Å²) >= 11 is 0. The van der Waals surface area contributed by atoms with Crippen LogP contribution in [0.5, 0.6) is 11.5 Å². The minimum absolute atomic E-state index is 0.0161. The van der Waals surface area contributed by atoms with Crippen LogP contribution in [-0.4, -0.2) is 51.6 Å². The summed E-state index contributed by atoms with van der Waals surface area (Å²) in [6.45, 7) is 17.7. The monoisotopic (exact) mass is 620 g/mol. The lowest BCUT2D eigenvalue weighted by Crippen LogP contribution is -2.14. The van der Waals surface area contributed by atoms with Gasteiger partial charge in [0, 0.05) is 29.3 Å². The normalized spacial score (nSPS) is 11.1. The van der Waals surface area contributed by atoms with E-state index >= 15 is 0 Å². The highest BCUT2D eigenvalue weighted by Gasteiger charge is 2.13. The van der Waals surface area contributed by atoms with Gasteiger partial charge in [0.15, 0.2) is 0 Å². The maximum atomic E-state index is 12.5. The van der Waals surface area contributed by atoms with Crippen molar-refractivity contribution < 1.29 is 39.6 Å². The largest absolute Gasteiger partial charge is 0.506 e. The van der Waals surface area contributed by atoms with Gasteiger partial charge in [-0.25, -0.2) is 9.59 Å². The summed E-state index contributed by atoms with van der Waals surface area (Å²) in [6, 6.07) is 9.70. The Balaban J connectivity index is 0. The van der Waals surface area contributed by atoms with Crippen LogP contribution in [0.2, 0.25) is 0 Å². The average Bonchev–Trinajstić information content (AvgIpc) is 3.03. The van der Waals surface area contributed by atoms with Crippen molar-refractivity contribution in [2.45, 2.75) is 41.5 Å². The van der Waals surface area contributed by atoms with Crippen LogP contribution in [0.3, 0.4) is 0 Å². The third kappa shape index (κ3) is 14.9. The lowest BCUT2D eigenvalue weighted by atomic mass is 10.0. The molecule has 0 heterocycles. The highest BCUT2D eigenvalue weighted by Crippen LogP contribution is 2.34. The average molecular weight is 621 g/mol. The summed E-state index contributed by atoms with van der Waals surface area (Å²) < 4.78 is 0. The van der Waals surface area contributed by atoms with E-state index < -0.39 is 17.8 Å². The molecule has 6 N–H and O–H groups in total. The Bertz CT molecular complexity index is 1460. The molecule has 0 aliphatic carbocycles. The first-order valence-corrected chi connectivity index (χ1v) is 14.0. The maximum Gasteiger partial charge on any atom is 0.331 e. The van der Waals surface area contributed by atoms with Crippen molar-refractivity contribution in [3.63, 3.8) is 0 Å². The Labute approximate surface area is 265 Å². The molecule has 10 heteroatoms. The topological polar surface area (TPSA) is 173 Å². The van der Waals surface area contributed by atoms with Crippen LogP contribution < -0.4 is 10.6 Å². The van der Waals surface area contributed by atoms with Gasteiger partial charge >= 0.3 is 11.9 Å². The molecule has 10 nitrogen and oxygen atoms in total. The highest BCUT2D eigenvalue weighted by molar-refractivity contribution is 6.07. The van der Waals surface area contributed by atoms with Gasteiger partial charge in [-0.05, 0) is 61.4 Å². The number of carboxylic acids is 2. The van der Waals surface area contributed by atoms with Gasteiger partial charge in [0.25, 0.3) is 5.91 Å². The quantitative estimate of drug-likeness (QED) is 0.0653. The SMILES string of the molecule is C=C/C=C(C=O)\C=C(/C)C(=O)O.C=C/C=C(\C=C(/C)C(=O)O)C(=O)Nc1ccc(-c2ccc(NC)c(O)c2)cc1O.CC.CC. The molecule has 2 aromatic carbocycles. The fourth-order valence-electron chi connectivity index (χ4n) is 3.11. The van der Waals surface area contributed by atoms with Gasteiger partial charge in [0.2, 0.25) is 0 Å². The third-order valence-electron chi connectivity index (χ3n) is 5.28. The van der Waals surface area contributed by atoms with Crippen molar-refractivity contribution in [1.29, 1.82) is 0 Å². The van der Waals surface area contributed by atoms with Crippen LogP contribution >= 0.6 is 0 Å². The number of benzene rings is 2. The van der Waals surface area contributed by atoms with Gasteiger partial charge in [-0.2, -0.15) is 0 Å². The molecule has 242 valence electrons. The van der Waals surface area contributed by atoms with E-state index in [1.807, 2.05) is 27.7 Å². The molecule has 0 bridgehead atoms. The molecule has 0 aliphatic heterocycles. The second-order valence-corrected chi connectivity index (χ2v) is 8.31. The summed E-state index contributed by atoms with van der Waals surface area (Å²) in [7, 11) is 1.69.